The molecule has 0 saturated carbocycles. The minimum Gasteiger partial charge on any atom is -0.367 e. The van der Waals surface area contributed by atoms with Gasteiger partial charge < -0.3 is 5.32 Å². The van der Waals surface area contributed by atoms with Crippen LogP contribution in [-0.2, 0) is 6.42 Å². The smallest absolute Gasteiger partial charge is 0.224 e. The van der Waals surface area contributed by atoms with E-state index < -0.39 is 17.5 Å². The molecule has 0 aliphatic carbocycles. The van der Waals surface area contributed by atoms with Gasteiger partial charge in [-0.3, -0.25) is 0 Å². The fourth-order valence-electron chi connectivity index (χ4n) is 1.55. The van der Waals surface area contributed by atoms with E-state index in [9.17, 15) is 13.2 Å². The molecule has 1 aromatic heterocycles. The summed E-state index contributed by atoms with van der Waals surface area (Å²) in [6.07, 6.45) is 1.26. The second-order valence-corrected chi connectivity index (χ2v) is 4.13. The van der Waals surface area contributed by atoms with Crippen LogP contribution in [0.4, 0.5) is 19.0 Å². The Bertz CT molecular complexity index is 572. The minimum absolute atomic E-state index is 0.0446. The normalized spacial score (nSPS) is 10.5. The molecule has 2 rings (SSSR count). The average molecular weight is 288 g/mol. The Labute approximate surface area is 112 Å². The van der Waals surface area contributed by atoms with Gasteiger partial charge in [-0.1, -0.05) is 0 Å². The quantitative estimate of drug-likeness (QED) is 0.878. The van der Waals surface area contributed by atoms with Crippen LogP contribution in [0.25, 0.3) is 0 Å². The van der Waals surface area contributed by atoms with Gasteiger partial charge in [-0.25, -0.2) is 18.2 Å². The van der Waals surface area contributed by atoms with Crippen molar-refractivity contribution in [1.82, 2.24) is 9.97 Å². The van der Waals surface area contributed by atoms with Gasteiger partial charge in [0, 0.05) is 12.6 Å². The second-order valence-electron chi connectivity index (χ2n) is 3.79. The van der Waals surface area contributed by atoms with Crippen LogP contribution in [0.2, 0.25) is 5.28 Å². The number of aromatic nitrogens is 2. The van der Waals surface area contributed by atoms with Crippen molar-refractivity contribution in [1.29, 1.82) is 0 Å². The Hall–Kier alpha value is -1.82. The van der Waals surface area contributed by atoms with E-state index in [1.165, 1.54) is 12.1 Å². The van der Waals surface area contributed by atoms with Gasteiger partial charge in [-0.2, -0.15) is 4.98 Å². The standard InChI is InChI=1S/C12H9ClF3N3/c13-12-18-6-10(16)11(19-12)17-2-1-7-3-8(14)5-9(15)4-7/h3-6H,1-2H2,(H,17,18,19). The molecule has 1 aromatic carbocycles. The molecule has 0 atom stereocenters. The third-order valence-electron chi connectivity index (χ3n) is 2.34. The predicted octanol–water partition coefficient (Wildman–Crippen LogP) is 3.20. The first-order chi connectivity index (χ1) is 9.04. The molecule has 19 heavy (non-hydrogen) atoms. The summed E-state index contributed by atoms with van der Waals surface area (Å²) in [5, 5.41) is 2.60. The Morgan fingerprint density at radius 1 is 1.11 bits per heavy atom. The molecule has 0 aliphatic rings. The van der Waals surface area contributed by atoms with Gasteiger partial charge in [-0.05, 0) is 35.7 Å². The van der Waals surface area contributed by atoms with Crippen molar-refractivity contribution in [3.05, 3.63) is 52.7 Å². The van der Waals surface area contributed by atoms with E-state index in [4.69, 9.17) is 11.6 Å². The number of hydrogen-bond donors (Lipinski definition) is 1. The molecule has 0 radical (unpaired) electrons. The summed E-state index contributed by atoms with van der Waals surface area (Å²) in [6, 6.07) is 3.23. The van der Waals surface area contributed by atoms with E-state index in [2.05, 4.69) is 15.3 Å². The third kappa shape index (κ3) is 3.82. The van der Waals surface area contributed by atoms with E-state index >= 15 is 0 Å². The van der Waals surface area contributed by atoms with E-state index in [0.29, 0.717) is 12.0 Å². The van der Waals surface area contributed by atoms with Gasteiger partial charge in [0.25, 0.3) is 0 Å². The summed E-state index contributed by atoms with van der Waals surface area (Å²) in [7, 11) is 0. The lowest BCUT2D eigenvalue weighted by molar-refractivity contribution is 0.579. The number of nitrogens with one attached hydrogen (secondary N) is 1. The highest BCUT2D eigenvalue weighted by molar-refractivity contribution is 6.28. The van der Waals surface area contributed by atoms with Crippen molar-refractivity contribution in [3.63, 3.8) is 0 Å². The molecule has 7 heteroatoms. The molecular formula is C12H9ClF3N3. The molecule has 0 fully saturated rings. The fourth-order valence-corrected chi connectivity index (χ4v) is 1.68. The molecule has 0 amide bonds. The number of rotatable bonds is 4. The average Bonchev–Trinajstić information content (AvgIpc) is 2.32. The number of anilines is 1. The molecule has 100 valence electrons. The zero-order chi connectivity index (χ0) is 13.8. The van der Waals surface area contributed by atoms with E-state index in [-0.39, 0.29) is 17.6 Å². The summed E-state index contributed by atoms with van der Waals surface area (Å²) in [5.41, 5.74) is 0.463. The van der Waals surface area contributed by atoms with Crippen LogP contribution in [0.1, 0.15) is 5.56 Å². The monoisotopic (exact) mass is 287 g/mol. The van der Waals surface area contributed by atoms with Gasteiger partial charge in [0.15, 0.2) is 11.6 Å². The van der Waals surface area contributed by atoms with Crippen molar-refractivity contribution in [2.24, 2.45) is 0 Å². The van der Waals surface area contributed by atoms with E-state index in [0.717, 1.165) is 12.3 Å². The molecular weight excluding hydrogens is 279 g/mol. The molecule has 0 unspecified atom stereocenters. The minimum atomic E-state index is -0.647. The third-order valence-corrected chi connectivity index (χ3v) is 2.53. The summed E-state index contributed by atoms with van der Waals surface area (Å²) in [4.78, 5) is 7.13. The Kier molecular flexibility index (Phi) is 4.21. The van der Waals surface area contributed by atoms with Gasteiger partial charge in [-0.15, -0.1) is 0 Å². The molecule has 3 nitrogen and oxygen atoms in total. The Morgan fingerprint density at radius 2 is 1.79 bits per heavy atom. The molecule has 0 spiro atoms. The largest absolute Gasteiger partial charge is 0.367 e. The summed E-state index contributed by atoms with van der Waals surface area (Å²) < 4.78 is 39.1. The SMILES string of the molecule is Fc1cc(F)cc(CCNc2nc(Cl)ncc2F)c1. The zero-order valence-electron chi connectivity index (χ0n) is 9.63. The number of halogens is 4. The molecule has 1 heterocycles. The van der Waals surface area contributed by atoms with Gasteiger partial charge >= 0.3 is 0 Å². The van der Waals surface area contributed by atoms with Crippen LogP contribution in [0, 0.1) is 17.5 Å². The van der Waals surface area contributed by atoms with E-state index in [1.807, 2.05) is 0 Å². The van der Waals surface area contributed by atoms with Crippen LogP contribution in [0.3, 0.4) is 0 Å². The first kappa shape index (κ1) is 13.6. The van der Waals surface area contributed by atoms with Crippen LogP contribution in [-0.4, -0.2) is 16.5 Å². The van der Waals surface area contributed by atoms with Crippen molar-refractivity contribution in [3.8, 4) is 0 Å². The maximum absolute atomic E-state index is 13.3. The molecule has 2 aromatic rings. The summed E-state index contributed by atoms with van der Waals surface area (Å²) >= 11 is 5.53. The summed E-state index contributed by atoms with van der Waals surface area (Å²) in [5.74, 6) is -1.98. The van der Waals surface area contributed by atoms with Crippen LogP contribution in [0.5, 0.6) is 0 Å². The lowest BCUT2D eigenvalue weighted by Crippen LogP contribution is -2.09. The van der Waals surface area contributed by atoms with Crippen molar-refractivity contribution < 1.29 is 13.2 Å². The Morgan fingerprint density at radius 3 is 2.47 bits per heavy atom. The maximum Gasteiger partial charge on any atom is 0.224 e. The summed E-state index contributed by atoms with van der Waals surface area (Å²) in [6.45, 7) is 0.257. The first-order valence-electron chi connectivity index (χ1n) is 5.41. The van der Waals surface area contributed by atoms with Crippen molar-refractivity contribution in [2.75, 3.05) is 11.9 Å². The number of nitrogens with zero attached hydrogens (tertiary/aromatic N) is 2. The van der Waals surface area contributed by atoms with Gasteiger partial charge in [0.2, 0.25) is 5.28 Å². The van der Waals surface area contributed by atoms with Crippen LogP contribution >= 0.6 is 11.6 Å². The molecule has 1 N–H and O–H groups in total. The van der Waals surface area contributed by atoms with Crippen molar-refractivity contribution in [2.45, 2.75) is 6.42 Å². The Balaban J connectivity index is 1.98. The van der Waals surface area contributed by atoms with Crippen LogP contribution < -0.4 is 5.32 Å². The van der Waals surface area contributed by atoms with Crippen LogP contribution in [0.15, 0.2) is 24.4 Å². The highest BCUT2D eigenvalue weighted by Gasteiger charge is 2.06. The lowest BCUT2D eigenvalue weighted by atomic mass is 10.1. The predicted molar refractivity (Wildman–Crippen MR) is 65.6 cm³/mol. The second kappa shape index (κ2) is 5.88. The fraction of sp³-hybridized carbons (Fsp3) is 0.167. The number of benzene rings is 1. The van der Waals surface area contributed by atoms with Gasteiger partial charge in [0.05, 0.1) is 6.20 Å². The zero-order valence-corrected chi connectivity index (χ0v) is 10.4. The first-order valence-corrected chi connectivity index (χ1v) is 5.79. The molecule has 0 saturated heterocycles. The topological polar surface area (TPSA) is 37.8 Å². The lowest BCUT2D eigenvalue weighted by Gasteiger charge is -2.07. The maximum atomic E-state index is 13.3. The number of hydrogen-bond acceptors (Lipinski definition) is 3. The van der Waals surface area contributed by atoms with Crippen molar-refractivity contribution >= 4 is 17.4 Å². The highest BCUT2D eigenvalue weighted by Crippen LogP contribution is 2.13. The molecule has 0 bridgehead atoms. The highest BCUT2D eigenvalue weighted by atomic mass is 35.5. The van der Waals surface area contributed by atoms with Gasteiger partial charge in [0.1, 0.15) is 11.6 Å². The van der Waals surface area contributed by atoms with E-state index in [1.54, 1.807) is 0 Å². The molecule has 0 aliphatic heterocycles.